The van der Waals surface area contributed by atoms with Crippen LogP contribution in [0.25, 0.3) is 16.7 Å². The molecular weight excluding hydrogens is 396 g/mol. The Morgan fingerprint density at radius 1 is 1.03 bits per heavy atom. The van der Waals surface area contributed by atoms with E-state index in [1.807, 2.05) is 10.7 Å². The smallest absolute Gasteiger partial charge is 0.167 e. The molecule has 0 amide bonds. The number of carbonyl (C=O) groups is 1. The summed E-state index contributed by atoms with van der Waals surface area (Å²) in [6.45, 7) is 8.55. The summed E-state index contributed by atoms with van der Waals surface area (Å²) in [5.41, 5.74) is 14.9. The number of nitrogens with zero attached hydrogens (tertiary/aromatic N) is 3. The summed E-state index contributed by atoms with van der Waals surface area (Å²) >= 11 is 0. The van der Waals surface area contributed by atoms with Gasteiger partial charge in [-0.15, -0.1) is 0 Å². The average molecular weight is 425 g/mol. The number of anilines is 1. The van der Waals surface area contributed by atoms with E-state index in [1.54, 1.807) is 6.20 Å². The number of aryl methyl sites for hydroxylation is 2. The second-order valence-corrected chi connectivity index (χ2v) is 9.26. The van der Waals surface area contributed by atoms with Crippen LogP contribution >= 0.6 is 0 Å². The normalized spacial score (nSPS) is 16.0. The maximum Gasteiger partial charge on any atom is 0.167 e. The van der Waals surface area contributed by atoms with Crippen LogP contribution in [-0.2, 0) is 6.42 Å². The molecule has 0 saturated carbocycles. The SMILES string of the molecule is Cc1ccc(-n2ncc3c(N)c4c(nc32)CC(c2ccc(C(C)C)cc2)CC4=O)cc1C. The number of hydrogen-bond donors (Lipinski definition) is 1. The largest absolute Gasteiger partial charge is 0.397 e. The molecule has 162 valence electrons. The van der Waals surface area contributed by atoms with Crippen molar-refractivity contribution in [3.8, 4) is 5.69 Å². The van der Waals surface area contributed by atoms with Crippen molar-refractivity contribution in [3.05, 3.63) is 82.2 Å². The monoisotopic (exact) mass is 424 g/mol. The van der Waals surface area contributed by atoms with Crippen molar-refractivity contribution in [2.45, 2.75) is 52.4 Å². The van der Waals surface area contributed by atoms with Crippen LogP contribution in [0.1, 0.15) is 70.4 Å². The van der Waals surface area contributed by atoms with Crippen molar-refractivity contribution in [1.82, 2.24) is 14.8 Å². The van der Waals surface area contributed by atoms with Crippen molar-refractivity contribution in [3.63, 3.8) is 0 Å². The van der Waals surface area contributed by atoms with Crippen LogP contribution in [0.3, 0.4) is 0 Å². The highest BCUT2D eigenvalue weighted by molar-refractivity contribution is 6.09. The standard InChI is InChI=1S/C27H28N4O/c1-15(2)18-6-8-19(9-7-18)20-12-23-25(24(32)13-20)26(28)22-14-29-31(27(22)30-23)21-10-5-16(3)17(4)11-21/h5-11,14-15,20H,12-13H2,1-4H3,(H2,28,30). The molecule has 0 radical (unpaired) electrons. The van der Waals surface area contributed by atoms with Crippen LogP contribution in [0, 0.1) is 13.8 Å². The van der Waals surface area contributed by atoms with Crippen LogP contribution in [-0.4, -0.2) is 20.5 Å². The van der Waals surface area contributed by atoms with Crippen LogP contribution in [0.15, 0.2) is 48.7 Å². The number of Topliss-reactive ketones (excluding diaryl/α,β-unsaturated/α-hetero) is 1. The Labute approximate surface area is 188 Å². The summed E-state index contributed by atoms with van der Waals surface area (Å²) in [5.74, 6) is 0.659. The minimum absolute atomic E-state index is 0.0648. The molecule has 1 aliphatic rings. The van der Waals surface area contributed by atoms with Gasteiger partial charge < -0.3 is 5.73 Å². The van der Waals surface area contributed by atoms with Gasteiger partial charge in [-0.05, 0) is 66.5 Å². The molecule has 0 aliphatic heterocycles. The minimum atomic E-state index is 0.0648. The van der Waals surface area contributed by atoms with E-state index in [-0.39, 0.29) is 11.7 Å². The number of nitrogen functional groups attached to an aromatic ring is 1. The summed E-state index contributed by atoms with van der Waals surface area (Å²) in [4.78, 5) is 18.1. The van der Waals surface area contributed by atoms with E-state index in [9.17, 15) is 4.79 Å². The molecule has 1 aliphatic carbocycles. The van der Waals surface area contributed by atoms with Crippen LogP contribution in [0.5, 0.6) is 0 Å². The number of carbonyl (C=O) groups excluding carboxylic acids is 1. The van der Waals surface area contributed by atoms with Gasteiger partial charge >= 0.3 is 0 Å². The van der Waals surface area contributed by atoms with Crippen molar-refractivity contribution in [2.75, 3.05) is 5.73 Å². The Morgan fingerprint density at radius 2 is 1.78 bits per heavy atom. The molecule has 2 N–H and O–H groups in total. The molecule has 2 aromatic carbocycles. The fraction of sp³-hybridized carbons (Fsp3) is 0.296. The first-order valence-electron chi connectivity index (χ1n) is 11.2. The molecule has 5 nitrogen and oxygen atoms in total. The van der Waals surface area contributed by atoms with Gasteiger partial charge in [-0.1, -0.05) is 44.2 Å². The second-order valence-electron chi connectivity index (χ2n) is 9.26. The highest BCUT2D eigenvalue weighted by Gasteiger charge is 2.31. The van der Waals surface area contributed by atoms with E-state index in [1.165, 1.54) is 22.3 Å². The number of pyridine rings is 1. The molecular formula is C27H28N4O. The van der Waals surface area contributed by atoms with E-state index < -0.39 is 0 Å². The predicted octanol–water partition coefficient (Wildman–Crippen LogP) is 5.66. The van der Waals surface area contributed by atoms with E-state index in [4.69, 9.17) is 10.7 Å². The highest BCUT2D eigenvalue weighted by atomic mass is 16.1. The fourth-order valence-corrected chi connectivity index (χ4v) is 4.64. The van der Waals surface area contributed by atoms with Gasteiger partial charge in [0.15, 0.2) is 11.4 Å². The fourth-order valence-electron chi connectivity index (χ4n) is 4.64. The van der Waals surface area contributed by atoms with Crippen LogP contribution in [0.2, 0.25) is 0 Å². The Morgan fingerprint density at radius 3 is 2.47 bits per heavy atom. The number of ketones is 1. The van der Waals surface area contributed by atoms with E-state index in [2.05, 4.69) is 69.2 Å². The third-order valence-electron chi connectivity index (χ3n) is 6.79. The molecule has 0 bridgehead atoms. The van der Waals surface area contributed by atoms with Crippen molar-refractivity contribution < 1.29 is 4.79 Å². The van der Waals surface area contributed by atoms with E-state index >= 15 is 0 Å². The van der Waals surface area contributed by atoms with Gasteiger partial charge in [0, 0.05) is 6.42 Å². The zero-order chi connectivity index (χ0) is 22.6. The van der Waals surface area contributed by atoms with Crippen molar-refractivity contribution >= 4 is 22.5 Å². The van der Waals surface area contributed by atoms with Crippen molar-refractivity contribution in [2.24, 2.45) is 0 Å². The van der Waals surface area contributed by atoms with Gasteiger partial charge in [0.2, 0.25) is 0 Å². The third-order valence-corrected chi connectivity index (χ3v) is 6.79. The average Bonchev–Trinajstić information content (AvgIpc) is 3.19. The van der Waals surface area contributed by atoms with Gasteiger partial charge in [-0.3, -0.25) is 4.79 Å². The second kappa shape index (κ2) is 7.59. The first-order chi connectivity index (χ1) is 15.3. The third kappa shape index (κ3) is 3.29. The molecule has 5 heteroatoms. The maximum atomic E-state index is 13.1. The van der Waals surface area contributed by atoms with Gasteiger partial charge in [0.05, 0.1) is 34.2 Å². The molecule has 0 spiro atoms. The first kappa shape index (κ1) is 20.4. The van der Waals surface area contributed by atoms with Crippen LogP contribution in [0.4, 0.5) is 5.69 Å². The zero-order valence-corrected chi connectivity index (χ0v) is 19.0. The zero-order valence-electron chi connectivity index (χ0n) is 19.0. The molecule has 0 saturated heterocycles. The minimum Gasteiger partial charge on any atom is -0.397 e. The van der Waals surface area contributed by atoms with Crippen molar-refractivity contribution in [1.29, 1.82) is 0 Å². The van der Waals surface area contributed by atoms with Gasteiger partial charge in [-0.2, -0.15) is 5.10 Å². The van der Waals surface area contributed by atoms with E-state index in [0.717, 1.165) is 16.8 Å². The summed E-state index contributed by atoms with van der Waals surface area (Å²) in [5, 5.41) is 5.29. The number of aromatic nitrogens is 3. The summed E-state index contributed by atoms with van der Waals surface area (Å²) < 4.78 is 1.82. The van der Waals surface area contributed by atoms with E-state index in [0.29, 0.717) is 35.7 Å². The molecule has 1 unspecified atom stereocenters. The highest BCUT2D eigenvalue weighted by Crippen LogP contribution is 2.37. The number of hydrogen-bond acceptors (Lipinski definition) is 4. The molecule has 4 aromatic rings. The molecule has 2 aromatic heterocycles. The molecule has 2 heterocycles. The number of fused-ring (bicyclic) bond motifs is 2. The van der Waals surface area contributed by atoms with Gasteiger partial charge in [0.1, 0.15) is 0 Å². The lowest BCUT2D eigenvalue weighted by Gasteiger charge is -2.25. The molecule has 32 heavy (non-hydrogen) atoms. The number of rotatable bonds is 3. The van der Waals surface area contributed by atoms with Gasteiger partial charge in [-0.25, -0.2) is 9.67 Å². The summed E-state index contributed by atoms with van der Waals surface area (Å²) in [7, 11) is 0. The Kier molecular flexibility index (Phi) is 4.85. The van der Waals surface area contributed by atoms with Crippen LogP contribution < -0.4 is 5.73 Å². The summed E-state index contributed by atoms with van der Waals surface area (Å²) in [6.07, 6.45) is 2.87. The lowest BCUT2D eigenvalue weighted by molar-refractivity contribution is 0.0964. The molecule has 1 atom stereocenters. The maximum absolute atomic E-state index is 13.1. The Bertz CT molecular complexity index is 1350. The lowest BCUT2D eigenvalue weighted by atomic mass is 9.80. The first-order valence-corrected chi connectivity index (χ1v) is 11.2. The Hall–Kier alpha value is -3.47. The topological polar surface area (TPSA) is 73.8 Å². The Balaban J connectivity index is 1.58. The predicted molar refractivity (Wildman–Crippen MR) is 129 cm³/mol. The molecule has 0 fully saturated rings. The molecule has 5 rings (SSSR count). The van der Waals surface area contributed by atoms with Gasteiger partial charge in [0.25, 0.3) is 0 Å². The summed E-state index contributed by atoms with van der Waals surface area (Å²) in [6, 6.07) is 14.9. The number of nitrogens with two attached hydrogens (primary N) is 1. The number of benzene rings is 2. The quantitative estimate of drug-likeness (QED) is 0.461. The lowest BCUT2D eigenvalue weighted by Crippen LogP contribution is -2.22.